The number of rotatable bonds is 50. The molecule has 0 spiro atoms. The Hall–Kier alpha value is -2.89. The van der Waals surface area contributed by atoms with Gasteiger partial charge in [0.05, 0.1) is 0 Å². The quantitative estimate of drug-likeness (QED) is 0.0262. The Bertz CT molecular complexity index is 1180. The maximum Gasteiger partial charge on any atom is 0.306 e. The summed E-state index contributed by atoms with van der Waals surface area (Å²) in [4.78, 5) is 38.1. The first-order valence-electron chi connectivity index (χ1n) is 27.8. The average Bonchev–Trinajstić information content (AvgIpc) is 3.30. The molecule has 1 atom stereocenters. The second-order valence-corrected chi connectivity index (χ2v) is 18.5. The summed E-state index contributed by atoms with van der Waals surface area (Å²) in [6, 6.07) is 0. The zero-order valence-corrected chi connectivity index (χ0v) is 43.0. The largest absolute Gasteiger partial charge is 0.462 e. The highest BCUT2D eigenvalue weighted by atomic mass is 16.6. The van der Waals surface area contributed by atoms with Crippen molar-refractivity contribution >= 4 is 17.9 Å². The smallest absolute Gasteiger partial charge is 0.306 e. The molecule has 0 aromatic rings. The average molecular weight is 909 g/mol. The minimum absolute atomic E-state index is 0.0868. The second-order valence-electron chi connectivity index (χ2n) is 18.5. The Kier molecular flexibility index (Phi) is 51.3. The number of hydrogen-bond donors (Lipinski definition) is 0. The topological polar surface area (TPSA) is 78.9 Å². The van der Waals surface area contributed by atoms with E-state index in [1.807, 2.05) is 0 Å². The molecule has 0 aliphatic rings. The highest BCUT2D eigenvalue weighted by Gasteiger charge is 2.19. The van der Waals surface area contributed by atoms with Crippen LogP contribution in [0.5, 0.6) is 0 Å². The normalized spacial score (nSPS) is 12.5. The lowest BCUT2D eigenvalue weighted by molar-refractivity contribution is -0.167. The molecule has 0 saturated carbocycles. The monoisotopic (exact) mass is 909 g/mol. The fraction of sp³-hybridized carbons (Fsp3) is 0.780. The van der Waals surface area contributed by atoms with E-state index in [-0.39, 0.29) is 31.1 Å². The minimum Gasteiger partial charge on any atom is -0.462 e. The van der Waals surface area contributed by atoms with Crippen LogP contribution in [0.15, 0.2) is 60.8 Å². The summed E-state index contributed by atoms with van der Waals surface area (Å²) in [5, 5.41) is 0. The fourth-order valence-electron chi connectivity index (χ4n) is 7.77. The third kappa shape index (κ3) is 51.9. The molecule has 0 amide bonds. The molecule has 6 nitrogen and oxygen atoms in total. The first-order chi connectivity index (χ1) is 32.0. The lowest BCUT2D eigenvalue weighted by Crippen LogP contribution is -2.30. The van der Waals surface area contributed by atoms with Gasteiger partial charge < -0.3 is 14.2 Å². The second kappa shape index (κ2) is 53.7. The van der Waals surface area contributed by atoms with Gasteiger partial charge in [-0.2, -0.15) is 0 Å². The summed E-state index contributed by atoms with van der Waals surface area (Å²) in [5.74, 6) is -0.911. The number of unbranched alkanes of at least 4 members (excludes halogenated alkanes) is 29. The van der Waals surface area contributed by atoms with Crippen LogP contribution in [0, 0.1) is 0 Å². The zero-order chi connectivity index (χ0) is 47.2. The van der Waals surface area contributed by atoms with Crippen LogP contribution < -0.4 is 0 Å². The van der Waals surface area contributed by atoms with Crippen molar-refractivity contribution in [1.82, 2.24) is 0 Å². The van der Waals surface area contributed by atoms with Crippen LogP contribution in [-0.4, -0.2) is 37.2 Å². The number of allylic oxidation sites excluding steroid dienone is 10. The third-order valence-electron chi connectivity index (χ3n) is 12.0. The predicted octanol–water partition coefficient (Wildman–Crippen LogP) is 18.4. The summed E-state index contributed by atoms with van der Waals surface area (Å²) < 4.78 is 16.8. The van der Waals surface area contributed by atoms with E-state index in [2.05, 4.69) is 81.5 Å². The lowest BCUT2D eigenvalue weighted by atomic mass is 10.0. The van der Waals surface area contributed by atoms with Crippen molar-refractivity contribution < 1.29 is 28.6 Å². The SMILES string of the molecule is CCCCC/C=C\C/C=C\C/C=C\CCCCCCC(=O)OC[C@H](COC(=O)CCCCCCC/C=C\C/C=C\CCCCC)OC(=O)CCCCCCCCCCCCCCCCC. The first kappa shape index (κ1) is 62.1. The molecule has 0 N–H and O–H groups in total. The van der Waals surface area contributed by atoms with E-state index in [0.717, 1.165) is 103 Å². The van der Waals surface area contributed by atoms with Crippen LogP contribution in [0.2, 0.25) is 0 Å². The minimum atomic E-state index is -0.787. The van der Waals surface area contributed by atoms with E-state index in [1.165, 1.54) is 135 Å². The Morgan fingerprint density at radius 3 is 0.892 bits per heavy atom. The van der Waals surface area contributed by atoms with Crippen LogP contribution in [0.4, 0.5) is 0 Å². The third-order valence-corrected chi connectivity index (χ3v) is 12.0. The van der Waals surface area contributed by atoms with Gasteiger partial charge in [0.15, 0.2) is 6.10 Å². The molecule has 0 bridgehead atoms. The van der Waals surface area contributed by atoms with Crippen LogP contribution >= 0.6 is 0 Å². The molecule has 0 radical (unpaired) electrons. The van der Waals surface area contributed by atoms with Crippen LogP contribution in [0.1, 0.15) is 278 Å². The van der Waals surface area contributed by atoms with Gasteiger partial charge in [-0.15, -0.1) is 0 Å². The molecule has 0 unspecified atom stereocenters. The summed E-state index contributed by atoms with van der Waals surface area (Å²) in [5.41, 5.74) is 0. The number of hydrogen-bond acceptors (Lipinski definition) is 6. The molecule has 376 valence electrons. The summed E-state index contributed by atoms with van der Waals surface area (Å²) in [6.07, 6.45) is 66.3. The summed E-state index contributed by atoms with van der Waals surface area (Å²) in [7, 11) is 0. The van der Waals surface area contributed by atoms with Crippen molar-refractivity contribution in [2.45, 2.75) is 284 Å². The van der Waals surface area contributed by atoms with Gasteiger partial charge in [-0.05, 0) is 89.9 Å². The Labute approximate surface area is 402 Å². The molecule has 0 aromatic carbocycles. The highest BCUT2D eigenvalue weighted by Crippen LogP contribution is 2.15. The van der Waals surface area contributed by atoms with Crippen LogP contribution in [0.25, 0.3) is 0 Å². The number of carbonyl (C=O) groups excluding carboxylic acids is 3. The first-order valence-corrected chi connectivity index (χ1v) is 27.8. The van der Waals surface area contributed by atoms with Crippen LogP contribution in [0.3, 0.4) is 0 Å². The van der Waals surface area contributed by atoms with Crippen molar-refractivity contribution in [1.29, 1.82) is 0 Å². The van der Waals surface area contributed by atoms with Gasteiger partial charge in [-0.25, -0.2) is 0 Å². The standard InChI is InChI=1S/C59H104O6/c1-4-7-10-13-16-19-22-25-28-29-32-34-37-40-43-46-49-52-58(61)64-55-56(65-59(62)53-50-47-44-41-38-35-31-27-24-21-18-15-12-9-6-3)54-63-57(60)51-48-45-42-39-36-33-30-26-23-20-17-14-11-8-5-2/h16-17,19-20,25-26,28,30,32,34,56H,4-15,18,21-24,27,29,31,33,35-55H2,1-3H3/b19-16-,20-17-,28-25-,30-26-,34-32-/t56-/m0/s1. The molecular weight excluding hydrogens is 805 g/mol. The molecule has 65 heavy (non-hydrogen) atoms. The summed E-state index contributed by atoms with van der Waals surface area (Å²) >= 11 is 0. The molecule has 0 fully saturated rings. The molecule has 0 aliphatic carbocycles. The molecule has 0 aliphatic heterocycles. The van der Waals surface area contributed by atoms with Gasteiger partial charge in [-0.1, -0.05) is 229 Å². The van der Waals surface area contributed by atoms with Gasteiger partial charge >= 0.3 is 17.9 Å². The molecule has 0 heterocycles. The van der Waals surface area contributed by atoms with E-state index in [0.29, 0.717) is 19.3 Å². The fourth-order valence-corrected chi connectivity index (χ4v) is 7.77. The lowest BCUT2D eigenvalue weighted by Gasteiger charge is -2.18. The van der Waals surface area contributed by atoms with Crippen LogP contribution in [-0.2, 0) is 28.6 Å². The van der Waals surface area contributed by atoms with Gasteiger partial charge in [-0.3, -0.25) is 14.4 Å². The van der Waals surface area contributed by atoms with Gasteiger partial charge in [0.1, 0.15) is 13.2 Å². The van der Waals surface area contributed by atoms with E-state index >= 15 is 0 Å². The Morgan fingerprint density at radius 1 is 0.308 bits per heavy atom. The van der Waals surface area contributed by atoms with Gasteiger partial charge in [0.2, 0.25) is 0 Å². The maximum absolute atomic E-state index is 12.8. The molecule has 6 heteroatoms. The van der Waals surface area contributed by atoms with Crippen molar-refractivity contribution in [3.8, 4) is 0 Å². The number of carbonyl (C=O) groups is 3. The van der Waals surface area contributed by atoms with Crippen molar-refractivity contribution in [2.24, 2.45) is 0 Å². The van der Waals surface area contributed by atoms with E-state index < -0.39 is 6.10 Å². The molecule has 0 rings (SSSR count). The number of esters is 3. The zero-order valence-electron chi connectivity index (χ0n) is 43.0. The molecular formula is C59H104O6. The van der Waals surface area contributed by atoms with E-state index in [9.17, 15) is 14.4 Å². The van der Waals surface area contributed by atoms with E-state index in [1.54, 1.807) is 0 Å². The number of ether oxygens (including phenoxy) is 3. The maximum atomic E-state index is 12.8. The van der Waals surface area contributed by atoms with Crippen molar-refractivity contribution in [3.05, 3.63) is 60.8 Å². The highest BCUT2D eigenvalue weighted by molar-refractivity contribution is 5.71. The molecule has 0 aromatic heterocycles. The predicted molar refractivity (Wildman–Crippen MR) is 279 cm³/mol. The van der Waals surface area contributed by atoms with E-state index in [4.69, 9.17) is 14.2 Å². The Morgan fingerprint density at radius 2 is 0.554 bits per heavy atom. The Balaban J connectivity index is 4.43. The van der Waals surface area contributed by atoms with Crippen molar-refractivity contribution in [3.63, 3.8) is 0 Å². The molecule has 0 saturated heterocycles. The van der Waals surface area contributed by atoms with Crippen molar-refractivity contribution in [2.75, 3.05) is 13.2 Å². The summed E-state index contributed by atoms with van der Waals surface area (Å²) in [6.45, 7) is 6.57. The van der Waals surface area contributed by atoms with Gasteiger partial charge in [0.25, 0.3) is 0 Å². The van der Waals surface area contributed by atoms with Gasteiger partial charge in [0, 0.05) is 19.3 Å².